The number of amides is 1. The minimum absolute atomic E-state index is 0.0634. The second kappa shape index (κ2) is 6.73. The van der Waals surface area contributed by atoms with Gasteiger partial charge in [0.25, 0.3) is 0 Å². The van der Waals surface area contributed by atoms with Crippen molar-refractivity contribution in [3.63, 3.8) is 0 Å². The first kappa shape index (κ1) is 15.9. The quantitative estimate of drug-likeness (QED) is 0.921. The molecule has 4 unspecified atom stereocenters. The molecule has 1 saturated carbocycles. The molecule has 0 spiro atoms. The van der Waals surface area contributed by atoms with E-state index >= 15 is 0 Å². The second-order valence-corrected chi connectivity index (χ2v) is 7.22. The van der Waals surface area contributed by atoms with Crippen LogP contribution in [0.4, 0.5) is 0 Å². The number of rotatable bonds is 3. The fraction of sp³-hybridized carbons (Fsp3) is 0.632. The van der Waals surface area contributed by atoms with Crippen molar-refractivity contribution >= 4 is 5.91 Å². The third kappa shape index (κ3) is 3.03. The van der Waals surface area contributed by atoms with Crippen LogP contribution in [-0.4, -0.2) is 50.2 Å². The summed E-state index contributed by atoms with van der Waals surface area (Å²) in [6.45, 7) is 3.03. The van der Waals surface area contributed by atoms with Gasteiger partial charge in [0.1, 0.15) is 11.9 Å². The number of carbonyl (C=O) groups excluding carboxylic acids is 1. The fourth-order valence-electron chi connectivity index (χ4n) is 4.41. The highest BCUT2D eigenvalue weighted by Gasteiger charge is 2.41. The number of methoxy groups -OCH3 is 1. The lowest BCUT2D eigenvalue weighted by Crippen LogP contribution is -2.56. The van der Waals surface area contributed by atoms with Gasteiger partial charge in [-0.2, -0.15) is 0 Å². The lowest BCUT2D eigenvalue weighted by Gasteiger charge is -2.45. The largest absolute Gasteiger partial charge is 0.497 e. The van der Waals surface area contributed by atoms with E-state index in [9.17, 15) is 4.79 Å². The van der Waals surface area contributed by atoms with E-state index in [-0.39, 0.29) is 12.0 Å². The molecule has 5 rings (SSSR count). The predicted molar refractivity (Wildman–Crippen MR) is 90.9 cm³/mol. The minimum Gasteiger partial charge on any atom is -0.497 e. The molecule has 0 aromatic heterocycles. The lowest BCUT2D eigenvalue weighted by molar-refractivity contribution is -0.147. The summed E-state index contributed by atoms with van der Waals surface area (Å²) in [6.07, 6.45) is 3.41. The first-order valence-corrected chi connectivity index (χ1v) is 9.02. The first-order chi connectivity index (χ1) is 11.7. The monoisotopic (exact) mass is 330 g/mol. The highest BCUT2D eigenvalue weighted by Crippen LogP contribution is 2.35. The van der Waals surface area contributed by atoms with Crippen LogP contribution in [0.3, 0.4) is 0 Å². The van der Waals surface area contributed by atoms with Crippen molar-refractivity contribution in [3.8, 4) is 5.75 Å². The maximum atomic E-state index is 13.0. The van der Waals surface area contributed by atoms with E-state index in [2.05, 4.69) is 5.32 Å². The standard InChI is InChI=1S/C19H26N2O3/c1-23-15-4-2-3-14(10-15)18-12-21(7-8-24-18)19(22)16-9-13-5-6-17(16)20-11-13/h2-4,10,13,16-18,20H,5-9,11-12H2,1H3. The van der Waals surface area contributed by atoms with Crippen molar-refractivity contribution in [2.45, 2.75) is 31.4 Å². The Hall–Kier alpha value is -1.59. The third-order valence-corrected chi connectivity index (χ3v) is 5.79. The average molecular weight is 330 g/mol. The maximum Gasteiger partial charge on any atom is 0.227 e. The summed E-state index contributed by atoms with van der Waals surface area (Å²) in [4.78, 5) is 15.1. The van der Waals surface area contributed by atoms with Gasteiger partial charge in [-0.25, -0.2) is 0 Å². The number of fused-ring (bicyclic) bond motifs is 3. The van der Waals surface area contributed by atoms with E-state index in [1.54, 1.807) is 7.11 Å². The highest BCUT2D eigenvalue weighted by molar-refractivity contribution is 5.80. The Labute approximate surface area is 143 Å². The number of benzene rings is 1. The van der Waals surface area contributed by atoms with Gasteiger partial charge in [0.2, 0.25) is 5.91 Å². The Morgan fingerprint density at radius 3 is 3.00 bits per heavy atom. The smallest absolute Gasteiger partial charge is 0.227 e. The number of morpholine rings is 1. The molecule has 24 heavy (non-hydrogen) atoms. The molecule has 2 bridgehead atoms. The zero-order chi connectivity index (χ0) is 16.5. The molecule has 1 amide bonds. The van der Waals surface area contributed by atoms with Crippen LogP contribution in [0.1, 0.15) is 30.9 Å². The summed E-state index contributed by atoms with van der Waals surface area (Å²) in [7, 11) is 1.67. The molecular weight excluding hydrogens is 304 g/mol. The summed E-state index contributed by atoms with van der Waals surface area (Å²) in [5, 5.41) is 3.55. The van der Waals surface area contributed by atoms with Crippen LogP contribution in [0.2, 0.25) is 0 Å². The lowest BCUT2D eigenvalue weighted by atomic mass is 9.73. The Kier molecular flexibility index (Phi) is 4.46. The number of hydrogen-bond donors (Lipinski definition) is 1. The van der Waals surface area contributed by atoms with Crippen LogP contribution in [0.25, 0.3) is 0 Å². The number of ether oxygens (including phenoxy) is 2. The van der Waals surface area contributed by atoms with Crippen molar-refractivity contribution in [3.05, 3.63) is 29.8 Å². The van der Waals surface area contributed by atoms with Crippen molar-refractivity contribution in [1.29, 1.82) is 0 Å². The van der Waals surface area contributed by atoms with Crippen molar-refractivity contribution in [2.24, 2.45) is 11.8 Å². The Morgan fingerprint density at radius 1 is 1.38 bits per heavy atom. The molecule has 3 aliphatic heterocycles. The molecule has 1 aromatic carbocycles. The van der Waals surface area contributed by atoms with Crippen LogP contribution in [0.5, 0.6) is 5.75 Å². The normalized spacial score (nSPS) is 32.6. The van der Waals surface area contributed by atoms with E-state index in [1.807, 2.05) is 29.2 Å². The number of carbonyl (C=O) groups is 1. The molecular formula is C19H26N2O3. The van der Waals surface area contributed by atoms with Crippen LogP contribution in [0.15, 0.2) is 24.3 Å². The number of nitrogens with zero attached hydrogens (tertiary/aromatic N) is 1. The van der Waals surface area contributed by atoms with Crippen molar-refractivity contribution < 1.29 is 14.3 Å². The van der Waals surface area contributed by atoms with Gasteiger partial charge in [-0.15, -0.1) is 0 Å². The molecule has 5 nitrogen and oxygen atoms in total. The second-order valence-electron chi connectivity index (χ2n) is 7.22. The van der Waals surface area contributed by atoms with E-state index < -0.39 is 0 Å². The molecule has 1 N–H and O–H groups in total. The Morgan fingerprint density at radius 2 is 2.29 bits per heavy atom. The van der Waals surface area contributed by atoms with E-state index in [1.165, 1.54) is 6.42 Å². The van der Waals surface area contributed by atoms with E-state index in [4.69, 9.17) is 9.47 Å². The van der Waals surface area contributed by atoms with Crippen molar-refractivity contribution in [1.82, 2.24) is 10.2 Å². The topological polar surface area (TPSA) is 50.8 Å². The Bertz CT molecular complexity index is 598. The molecule has 3 saturated heterocycles. The molecule has 3 heterocycles. The van der Waals surface area contributed by atoms with Gasteiger partial charge < -0.3 is 19.7 Å². The molecule has 4 atom stereocenters. The van der Waals surface area contributed by atoms with Crippen LogP contribution >= 0.6 is 0 Å². The van der Waals surface area contributed by atoms with Gasteiger partial charge in [-0.05, 0) is 49.4 Å². The maximum absolute atomic E-state index is 13.0. The molecule has 4 fully saturated rings. The zero-order valence-corrected chi connectivity index (χ0v) is 14.2. The van der Waals surface area contributed by atoms with Gasteiger partial charge in [0.05, 0.1) is 26.2 Å². The molecule has 4 aliphatic rings. The fourth-order valence-corrected chi connectivity index (χ4v) is 4.41. The first-order valence-electron chi connectivity index (χ1n) is 9.02. The van der Waals surface area contributed by atoms with Gasteiger partial charge in [-0.1, -0.05) is 12.1 Å². The summed E-state index contributed by atoms with van der Waals surface area (Å²) >= 11 is 0. The van der Waals surface area contributed by atoms with Crippen molar-refractivity contribution in [2.75, 3.05) is 33.4 Å². The van der Waals surface area contributed by atoms with Gasteiger partial charge in [-0.3, -0.25) is 4.79 Å². The summed E-state index contributed by atoms with van der Waals surface area (Å²) in [6, 6.07) is 8.33. The van der Waals surface area contributed by atoms with E-state index in [0.29, 0.717) is 37.6 Å². The van der Waals surface area contributed by atoms with Crippen LogP contribution in [0, 0.1) is 11.8 Å². The van der Waals surface area contributed by atoms with E-state index in [0.717, 1.165) is 30.7 Å². The molecule has 130 valence electrons. The summed E-state index contributed by atoms with van der Waals surface area (Å²) in [5.74, 6) is 1.97. The summed E-state index contributed by atoms with van der Waals surface area (Å²) in [5.41, 5.74) is 1.08. The molecule has 5 heteroatoms. The summed E-state index contributed by atoms with van der Waals surface area (Å²) < 4.78 is 11.2. The highest BCUT2D eigenvalue weighted by atomic mass is 16.5. The number of nitrogens with one attached hydrogen (secondary N) is 1. The predicted octanol–water partition coefficient (Wildman–Crippen LogP) is 1.98. The zero-order valence-electron chi connectivity index (χ0n) is 14.2. The van der Waals surface area contributed by atoms with Crippen LogP contribution < -0.4 is 10.1 Å². The molecule has 1 aromatic rings. The molecule has 1 aliphatic carbocycles. The van der Waals surface area contributed by atoms with Gasteiger partial charge >= 0.3 is 0 Å². The molecule has 0 radical (unpaired) electrons. The third-order valence-electron chi connectivity index (χ3n) is 5.79. The van der Waals surface area contributed by atoms with Gasteiger partial charge in [0, 0.05) is 12.6 Å². The van der Waals surface area contributed by atoms with Gasteiger partial charge in [0.15, 0.2) is 0 Å². The SMILES string of the molecule is COc1cccc(C2CN(C(=O)C3CC4CCC3NC4)CCO2)c1. The average Bonchev–Trinajstić information content (AvgIpc) is 2.68. The number of piperidine rings is 2. The Balaban J connectivity index is 1.45. The van der Waals surface area contributed by atoms with Crippen LogP contribution in [-0.2, 0) is 9.53 Å². The minimum atomic E-state index is -0.0634. The number of hydrogen-bond acceptors (Lipinski definition) is 4.